The van der Waals surface area contributed by atoms with Crippen molar-refractivity contribution in [3.63, 3.8) is 0 Å². The van der Waals surface area contributed by atoms with Crippen LogP contribution in [0.1, 0.15) is 45.2 Å². The van der Waals surface area contributed by atoms with E-state index in [9.17, 15) is 69.0 Å². The van der Waals surface area contributed by atoms with Crippen LogP contribution in [0.15, 0.2) is 48.5 Å². The number of nitrogens with one attached hydrogen (secondary N) is 6. The molecular formula is C37H51N7O14. The standard InChI is InChI=1S/C37H51N7O14/c1-17(2)30(37(57)58)44-35(55)27(16-45)43-34(54)26(15-28(49)50)40-31(51)18(3)39-32(52)24(13-20-5-9-22(47)10-6-20)41-33(53)25(42-36(56)29(38)19(4)46)14-21-7-11-23(48)12-8-21/h5-12,17-19,24-27,29-30,45-48H,13-16,38H2,1-4H3,(H,39,52)(H,40,51)(H,41,53)(H,42,56)(H,43,54)(H,44,55)(H,49,50)(H,57,58)/t18-,19+,24-,25-,26-,27-,29-,30-/m0/s1. The summed E-state index contributed by atoms with van der Waals surface area (Å²) < 4.78 is 0. The summed E-state index contributed by atoms with van der Waals surface area (Å²) in [6.45, 7) is 4.42. The van der Waals surface area contributed by atoms with Crippen molar-refractivity contribution in [1.82, 2.24) is 31.9 Å². The molecule has 318 valence electrons. The Kier molecular flexibility index (Phi) is 18.5. The summed E-state index contributed by atoms with van der Waals surface area (Å²) >= 11 is 0. The van der Waals surface area contributed by atoms with Gasteiger partial charge in [0.1, 0.15) is 53.8 Å². The summed E-state index contributed by atoms with van der Waals surface area (Å²) in [5, 5.41) is 71.6. The number of phenolic OH excluding ortho intramolecular Hbond substituents is 2. The molecule has 0 aliphatic carbocycles. The Hall–Kier alpha value is -6.32. The normalized spacial score (nSPS) is 15.2. The van der Waals surface area contributed by atoms with E-state index in [4.69, 9.17) is 5.73 Å². The molecule has 58 heavy (non-hydrogen) atoms. The maximum Gasteiger partial charge on any atom is 0.326 e. The molecule has 2 aromatic rings. The Labute approximate surface area is 332 Å². The van der Waals surface area contributed by atoms with Crippen LogP contribution in [0.2, 0.25) is 0 Å². The van der Waals surface area contributed by atoms with Crippen LogP contribution >= 0.6 is 0 Å². The second-order valence-corrected chi connectivity index (χ2v) is 13.8. The van der Waals surface area contributed by atoms with Crippen LogP contribution in [0.25, 0.3) is 0 Å². The van der Waals surface area contributed by atoms with E-state index >= 15 is 0 Å². The second kappa shape index (κ2) is 22.4. The number of rotatable bonds is 22. The third kappa shape index (κ3) is 15.3. The molecular weight excluding hydrogens is 766 g/mol. The number of nitrogens with two attached hydrogens (primary N) is 1. The third-order valence-corrected chi connectivity index (χ3v) is 8.65. The smallest absolute Gasteiger partial charge is 0.326 e. The SMILES string of the molecule is CC(C)[C@H](NC(=O)[C@H](CO)NC(=O)[C@H](CC(=O)O)NC(=O)[C@H](C)NC(=O)[C@H](Cc1ccc(O)cc1)NC(=O)[C@H](Cc1ccc(O)cc1)NC(=O)[C@@H](N)[C@@H](C)O)C(=O)O. The number of hydrogen-bond acceptors (Lipinski definition) is 13. The number of amides is 6. The lowest BCUT2D eigenvalue weighted by Gasteiger charge is -2.26. The van der Waals surface area contributed by atoms with Gasteiger partial charge in [-0.3, -0.25) is 33.6 Å². The predicted octanol–water partition coefficient (Wildman–Crippen LogP) is -3.27. The zero-order chi connectivity index (χ0) is 43.9. The van der Waals surface area contributed by atoms with E-state index in [1.807, 2.05) is 0 Å². The summed E-state index contributed by atoms with van der Waals surface area (Å²) in [7, 11) is 0. The van der Waals surface area contributed by atoms with Gasteiger partial charge in [0.2, 0.25) is 35.4 Å². The van der Waals surface area contributed by atoms with Gasteiger partial charge in [0, 0.05) is 12.8 Å². The van der Waals surface area contributed by atoms with Crippen LogP contribution in [0, 0.1) is 5.92 Å². The zero-order valence-electron chi connectivity index (χ0n) is 32.2. The number of hydrogen-bond donors (Lipinski definition) is 13. The number of aliphatic hydroxyl groups excluding tert-OH is 2. The lowest BCUT2D eigenvalue weighted by Crippen LogP contribution is -2.60. The Morgan fingerprint density at radius 3 is 1.38 bits per heavy atom. The highest BCUT2D eigenvalue weighted by Gasteiger charge is 2.34. The average molecular weight is 818 g/mol. The molecule has 0 fully saturated rings. The first-order valence-electron chi connectivity index (χ1n) is 18.0. The van der Waals surface area contributed by atoms with E-state index in [0.29, 0.717) is 11.1 Å². The Bertz CT molecular complexity index is 1770. The lowest BCUT2D eigenvalue weighted by molar-refractivity contribution is -0.144. The minimum Gasteiger partial charge on any atom is -0.508 e. The largest absolute Gasteiger partial charge is 0.508 e. The van der Waals surface area contributed by atoms with E-state index in [1.165, 1.54) is 76.2 Å². The molecule has 0 heterocycles. The molecule has 6 amide bonds. The molecule has 0 unspecified atom stereocenters. The molecule has 0 radical (unpaired) electrons. The molecule has 2 aromatic carbocycles. The number of carboxylic acid groups (broad SMARTS) is 2. The number of benzene rings is 2. The molecule has 8 atom stereocenters. The Balaban J connectivity index is 2.32. The number of aromatic hydroxyl groups is 2. The summed E-state index contributed by atoms with van der Waals surface area (Å²) in [6, 6.07) is 0.400. The van der Waals surface area contributed by atoms with Crippen LogP contribution < -0.4 is 37.6 Å². The molecule has 0 saturated heterocycles. The van der Waals surface area contributed by atoms with Gasteiger partial charge in [0.05, 0.1) is 19.1 Å². The van der Waals surface area contributed by atoms with Gasteiger partial charge in [0.15, 0.2) is 0 Å². The fourth-order valence-corrected chi connectivity index (χ4v) is 5.21. The van der Waals surface area contributed by atoms with E-state index in [0.717, 1.165) is 0 Å². The van der Waals surface area contributed by atoms with E-state index in [1.54, 1.807) is 0 Å². The molecule has 0 spiro atoms. The number of aliphatic hydroxyl groups is 2. The van der Waals surface area contributed by atoms with Crippen molar-refractivity contribution in [2.45, 2.75) is 95.4 Å². The molecule has 14 N–H and O–H groups in total. The van der Waals surface area contributed by atoms with Crippen LogP contribution in [0.3, 0.4) is 0 Å². The Morgan fingerprint density at radius 1 is 0.569 bits per heavy atom. The van der Waals surface area contributed by atoms with Crippen molar-refractivity contribution in [3.8, 4) is 11.5 Å². The van der Waals surface area contributed by atoms with Crippen LogP contribution in [-0.4, -0.2) is 133 Å². The molecule has 2 rings (SSSR count). The molecule has 21 nitrogen and oxygen atoms in total. The van der Waals surface area contributed by atoms with Crippen LogP contribution in [0.4, 0.5) is 0 Å². The molecule has 0 aliphatic rings. The van der Waals surface area contributed by atoms with Crippen molar-refractivity contribution < 1.29 is 69.0 Å². The summed E-state index contributed by atoms with van der Waals surface area (Å²) in [4.78, 5) is 103. The number of carboxylic acids is 2. The van der Waals surface area contributed by atoms with Crippen molar-refractivity contribution in [2.75, 3.05) is 6.61 Å². The fraction of sp³-hybridized carbons (Fsp3) is 0.459. The number of phenols is 2. The maximum atomic E-state index is 13.8. The molecule has 21 heteroatoms. The van der Waals surface area contributed by atoms with Gasteiger partial charge >= 0.3 is 11.9 Å². The Morgan fingerprint density at radius 2 is 0.966 bits per heavy atom. The van der Waals surface area contributed by atoms with Gasteiger partial charge in [-0.1, -0.05) is 38.1 Å². The molecule has 0 aromatic heterocycles. The monoisotopic (exact) mass is 817 g/mol. The molecule has 0 aliphatic heterocycles. The minimum atomic E-state index is -1.86. The number of carbonyl (C=O) groups excluding carboxylic acids is 6. The first kappa shape index (κ1) is 47.8. The quantitative estimate of drug-likeness (QED) is 0.0554. The zero-order valence-corrected chi connectivity index (χ0v) is 32.2. The van der Waals surface area contributed by atoms with E-state index in [-0.39, 0.29) is 24.3 Å². The number of carbonyl (C=O) groups is 8. The van der Waals surface area contributed by atoms with Gasteiger partial charge in [0.25, 0.3) is 0 Å². The van der Waals surface area contributed by atoms with Gasteiger partial charge in [-0.15, -0.1) is 0 Å². The highest BCUT2D eigenvalue weighted by atomic mass is 16.4. The van der Waals surface area contributed by atoms with Crippen LogP contribution in [-0.2, 0) is 51.2 Å². The number of aliphatic carboxylic acids is 2. The van der Waals surface area contributed by atoms with Crippen molar-refractivity contribution in [1.29, 1.82) is 0 Å². The van der Waals surface area contributed by atoms with Gasteiger partial charge in [-0.25, -0.2) is 4.79 Å². The van der Waals surface area contributed by atoms with E-state index < -0.39 is 115 Å². The van der Waals surface area contributed by atoms with Crippen molar-refractivity contribution >= 4 is 47.4 Å². The molecule has 0 bridgehead atoms. The lowest BCUT2D eigenvalue weighted by atomic mass is 10.0. The highest BCUT2D eigenvalue weighted by Crippen LogP contribution is 2.14. The predicted molar refractivity (Wildman–Crippen MR) is 202 cm³/mol. The third-order valence-electron chi connectivity index (χ3n) is 8.65. The first-order valence-corrected chi connectivity index (χ1v) is 18.0. The summed E-state index contributed by atoms with van der Waals surface area (Å²) in [5.41, 5.74) is 6.67. The fourth-order valence-electron chi connectivity index (χ4n) is 5.21. The summed E-state index contributed by atoms with van der Waals surface area (Å²) in [6.07, 6.45) is -2.71. The first-order chi connectivity index (χ1) is 27.1. The molecule has 0 saturated carbocycles. The van der Waals surface area contributed by atoms with Crippen molar-refractivity contribution in [2.24, 2.45) is 11.7 Å². The average Bonchev–Trinajstić information content (AvgIpc) is 3.15. The second-order valence-electron chi connectivity index (χ2n) is 13.8. The highest BCUT2D eigenvalue weighted by molar-refractivity contribution is 5.98. The van der Waals surface area contributed by atoms with Gasteiger partial charge in [-0.05, 0) is 55.2 Å². The minimum absolute atomic E-state index is 0.0712. The maximum absolute atomic E-state index is 13.8. The van der Waals surface area contributed by atoms with Crippen molar-refractivity contribution in [3.05, 3.63) is 59.7 Å². The van der Waals surface area contributed by atoms with Crippen LogP contribution in [0.5, 0.6) is 11.5 Å². The van der Waals surface area contributed by atoms with Gasteiger partial charge in [-0.2, -0.15) is 0 Å². The summed E-state index contributed by atoms with van der Waals surface area (Å²) in [5.74, 6) is -9.91. The topological polar surface area (TPSA) is 356 Å². The van der Waals surface area contributed by atoms with E-state index in [2.05, 4.69) is 31.9 Å². The van der Waals surface area contributed by atoms with Gasteiger partial charge < -0.3 is 68.3 Å².